The predicted octanol–water partition coefficient (Wildman–Crippen LogP) is 2.30. The summed E-state index contributed by atoms with van der Waals surface area (Å²) in [6.45, 7) is 4.77. The number of nitrogens with one attached hydrogen (secondary N) is 1. The van der Waals surface area contributed by atoms with Crippen molar-refractivity contribution in [3.63, 3.8) is 0 Å². The normalized spacial score (nSPS) is 20.0. The van der Waals surface area contributed by atoms with E-state index in [9.17, 15) is 8.42 Å². The number of halogens is 2. The highest BCUT2D eigenvalue weighted by Gasteiger charge is 2.35. The molecule has 1 N–H and O–H groups in total. The van der Waals surface area contributed by atoms with E-state index in [0.29, 0.717) is 37.8 Å². The summed E-state index contributed by atoms with van der Waals surface area (Å²) in [5.41, 5.74) is 0. The maximum atomic E-state index is 13.1. The lowest BCUT2D eigenvalue weighted by Gasteiger charge is -2.28. The molecule has 2 aliphatic rings. The molecule has 24 heavy (non-hydrogen) atoms. The molecule has 0 aliphatic carbocycles. The molecule has 9 heteroatoms. The number of nitrogens with zero attached hydrogens (tertiary/aromatic N) is 1. The first-order valence-corrected chi connectivity index (χ1v) is 9.67. The fourth-order valence-corrected chi connectivity index (χ4v) is 5.23. The molecule has 0 bridgehead atoms. The third-order valence-electron chi connectivity index (χ3n) is 4.07. The summed E-state index contributed by atoms with van der Waals surface area (Å²) >= 11 is 6.24. The Bertz CT molecular complexity index is 678. The molecule has 2 heterocycles. The van der Waals surface area contributed by atoms with Crippen LogP contribution in [-0.4, -0.2) is 51.6 Å². The molecule has 0 spiro atoms. The van der Waals surface area contributed by atoms with E-state index in [1.807, 2.05) is 6.92 Å². The third kappa shape index (κ3) is 3.75. The van der Waals surface area contributed by atoms with Gasteiger partial charge in [0.15, 0.2) is 11.5 Å². The van der Waals surface area contributed by atoms with E-state index in [1.54, 1.807) is 4.31 Å². The summed E-state index contributed by atoms with van der Waals surface area (Å²) in [6.07, 6.45) is 1.55. The minimum absolute atomic E-state index is 0. The van der Waals surface area contributed by atoms with Crippen LogP contribution in [0, 0.1) is 0 Å². The van der Waals surface area contributed by atoms with Crippen LogP contribution < -0.4 is 14.8 Å². The summed E-state index contributed by atoms with van der Waals surface area (Å²) in [5.74, 6) is 0.921. The Balaban J connectivity index is 0.00000208. The number of sulfonamides is 1. The summed E-state index contributed by atoms with van der Waals surface area (Å²) < 4.78 is 38.8. The van der Waals surface area contributed by atoms with Crippen LogP contribution >= 0.6 is 24.0 Å². The molecule has 0 aromatic heterocycles. The Morgan fingerprint density at radius 3 is 2.54 bits per heavy atom. The van der Waals surface area contributed by atoms with Gasteiger partial charge in [0.2, 0.25) is 10.0 Å². The lowest BCUT2D eigenvalue weighted by atomic mass is 10.2. The van der Waals surface area contributed by atoms with E-state index in [0.717, 1.165) is 19.4 Å². The van der Waals surface area contributed by atoms with Gasteiger partial charge in [-0.25, -0.2) is 8.42 Å². The number of rotatable bonds is 5. The molecule has 1 unspecified atom stereocenters. The van der Waals surface area contributed by atoms with Gasteiger partial charge in [-0.2, -0.15) is 4.31 Å². The predicted molar refractivity (Wildman–Crippen MR) is 95.1 cm³/mol. The average Bonchev–Trinajstić information content (AvgIpc) is 3.05. The largest absolute Gasteiger partial charge is 0.486 e. The maximum Gasteiger partial charge on any atom is 0.244 e. The molecule has 2 aliphatic heterocycles. The van der Waals surface area contributed by atoms with Crippen molar-refractivity contribution in [2.45, 2.75) is 30.7 Å². The van der Waals surface area contributed by atoms with Crippen LogP contribution in [0.15, 0.2) is 17.0 Å². The van der Waals surface area contributed by atoms with Gasteiger partial charge in [-0.15, -0.1) is 12.4 Å². The monoisotopic (exact) mass is 396 g/mol. The van der Waals surface area contributed by atoms with Crippen LogP contribution in [0.3, 0.4) is 0 Å². The Kier molecular flexibility index (Phi) is 6.61. The molecular formula is C15H22Cl2N2O4S. The highest BCUT2D eigenvalue weighted by atomic mass is 35.5. The highest BCUT2D eigenvalue weighted by Crippen LogP contribution is 2.38. The van der Waals surface area contributed by atoms with Crippen molar-refractivity contribution in [3.8, 4) is 11.5 Å². The van der Waals surface area contributed by atoms with Gasteiger partial charge < -0.3 is 14.8 Å². The zero-order valence-corrected chi connectivity index (χ0v) is 15.8. The molecule has 1 aromatic carbocycles. The lowest BCUT2D eigenvalue weighted by molar-refractivity contribution is 0.171. The van der Waals surface area contributed by atoms with E-state index in [4.69, 9.17) is 21.1 Å². The summed E-state index contributed by atoms with van der Waals surface area (Å²) in [6, 6.07) is 2.97. The molecule has 1 saturated heterocycles. The quantitative estimate of drug-likeness (QED) is 0.826. The number of fused-ring (bicyclic) bond motifs is 1. The van der Waals surface area contributed by atoms with E-state index in [2.05, 4.69) is 5.32 Å². The SMILES string of the molecule is CCCN(C1CCNC1)S(=O)(=O)c1cc2c(cc1Cl)OCCO2.Cl. The van der Waals surface area contributed by atoms with Gasteiger partial charge in [-0.1, -0.05) is 18.5 Å². The molecule has 1 fully saturated rings. The van der Waals surface area contributed by atoms with Gasteiger partial charge >= 0.3 is 0 Å². The summed E-state index contributed by atoms with van der Waals surface area (Å²) in [4.78, 5) is 0.0868. The molecule has 0 saturated carbocycles. The van der Waals surface area contributed by atoms with Gasteiger partial charge in [0.1, 0.15) is 18.1 Å². The van der Waals surface area contributed by atoms with Crippen molar-refractivity contribution in [3.05, 3.63) is 17.2 Å². The fourth-order valence-electron chi connectivity index (χ4n) is 2.97. The first kappa shape index (κ1) is 19.6. The Labute approximate surface area is 153 Å². The van der Waals surface area contributed by atoms with Crippen LogP contribution in [0.1, 0.15) is 19.8 Å². The van der Waals surface area contributed by atoms with Crippen LogP contribution in [0.25, 0.3) is 0 Å². The number of ether oxygens (including phenoxy) is 2. The second-order valence-electron chi connectivity index (χ2n) is 5.69. The fraction of sp³-hybridized carbons (Fsp3) is 0.600. The molecule has 1 aromatic rings. The van der Waals surface area contributed by atoms with Crippen molar-refractivity contribution in [2.75, 3.05) is 32.8 Å². The van der Waals surface area contributed by atoms with Crippen LogP contribution in [0.4, 0.5) is 0 Å². The molecule has 3 rings (SSSR count). The smallest absolute Gasteiger partial charge is 0.244 e. The van der Waals surface area contributed by atoms with Gasteiger partial charge in [0, 0.05) is 31.3 Å². The van der Waals surface area contributed by atoms with Gasteiger partial charge in [0.05, 0.1) is 5.02 Å². The van der Waals surface area contributed by atoms with Crippen LogP contribution in [0.5, 0.6) is 11.5 Å². The first-order chi connectivity index (χ1) is 11.0. The highest BCUT2D eigenvalue weighted by molar-refractivity contribution is 7.89. The number of benzene rings is 1. The van der Waals surface area contributed by atoms with Crippen molar-refractivity contribution in [1.29, 1.82) is 0 Å². The minimum Gasteiger partial charge on any atom is -0.486 e. The third-order valence-corrected chi connectivity index (χ3v) is 6.49. The molecule has 0 radical (unpaired) electrons. The number of hydrogen-bond donors (Lipinski definition) is 1. The van der Waals surface area contributed by atoms with Crippen LogP contribution in [0.2, 0.25) is 5.02 Å². The minimum atomic E-state index is -3.68. The van der Waals surface area contributed by atoms with Crippen molar-refractivity contribution < 1.29 is 17.9 Å². The Morgan fingerprint density at radius 2 is 1.96 bits per heavy atom. The van der Waals surface area contributed by atoms with E-state index >= 15 is 0 Å². The molecule has 136 valence electrons. The van der Waals surface area contributed by atoms with Crippen LogP contribution in [-0.2, 0) is 10.0 Å². The zero-order valence-electron chi connectivity index (χ0n) is 13.5. The van der Waals surface area contributed by atoms with Gasteiger partial charge in [0.25, 0.3) is 0 Å². The molecular weight excluding hydrogens is 375 g/mol. The summed E-state index contributed by atoms with van der Waals surface area (Å²) in [5, 5.41) is 3.38. The zero-order chi connectivity index (χ0) is 16.4. The second-order valence-corrected chi connectivity index (χ2v) is 7.95. The Morgan fingerprint density at radius 1 is 1.29 bits per heavy atom. The lowest BCUT2D eigenvalue weighted by Crippen LogP contribution is -2.42. The van der Waals surface area contributed by atoms with E-state index in [-0.39, 0.29) is 28.4 Å². The van der Waals surface area contributed by atoms with Crippen molar-refractivity contribution >= 4 is 34.0 Å². The standard InChI is InChI=1S/C15H21ClN2O4S.ClH/c1-2-5-18(11-3-4-17-10-11)23(19,20)15-9-14-13(8-12(15)16)21-6-7-22-14;/h8-9,11,17H,2-7,10H2,1H3;1H. The Hall–Kier alpha value is -0.730. The molecule has 0 amide bonds. The first-order valence-electron chi connectivity index (χ1n) is 7.85. The van der Waals surface area contributed by atoms with Gasteiger partial charge in [-0.3, -0.25) is 0 Å². The molecule has 6 nitrogen and oxygen atoms in total. The van der Waals surface area contributed by atoms with E-state index in [1.165, 1.54) is 12.1 Å². The van der Waals surface area contributed by atoms with Gasteiger partial charge in [-0.05, 0) is 19.4 Å². The number of hydrogen-bond acceptors (Lipinski definition) is 5. The molecule has 1 atom stereocenters. The summed E-state index contributed by atoms with van der Waals surface area (Å²) in [7, 11) is -3.68. The van der Waals surface area contributed by atoms with Crippen molar-refractivity contribution in [2.24, 2.45) is 0 Å². The maximum absolute atomic E-state index is 13.1. The average molecular weight is 397 g/mol. The van der Waals surface area contributed by atoms with E-state index < -0.39 is 10.0 Å². The van der Waals surface area contributed by atoms with Crippen molar-refractivity contribution in [1.82, 2.24) is 9.62 Å². The second kappa shape index (κ2) is 8.10. The topological polar surface area (TPSA) is 67.9 Å².